The van der Waals surface area contributed by atoms with Gasteiger partial charge in [-0.3, -0.25) is 0 Å². The molecule has 18 heteroatoms. The van der Waals surface area contributed by atoms with Crippen LogP contribution >= 0.6 is 0 Å². The summed E-state index contributed by atoms with van der Waals surface area (Å²) in [5.41, 5.74) is 2.07. The zero-order chi connectivity index (χ0) is 65.8. The average molecular weight is 1260 g/mol. The molecule has 0 bridgehead atoms. The summed E-state index contributed by atoms with van der Waals surface area (Å²) in [6.45, 7) is 8.02. The van der Waals surface area contributed by atoms with Crippen molar-refractivity contribution in [1.29, 1.82) is 0 Å². The fourth-order valence-corrected chi connectivity index (χ4v) is 9.43. The van der Waals surface area contributed by atoms with E-state index < -0.39 is 47.8 Å². The van der Waals surface area contributed by atoms with Gasteiger partial charge in [-0.25, -0.2) is 38.4 Å². The molecule has 10 aromatic rings. The first kappa shape index (κ1) is 64.5. The van der Waals surface area contributed by atoms with E-state index in [2.05, 4.69) is 13.2 Å². The van der Waals surface area contributed by atoms with Gasteiger partial charge in [0.2, 0.25) is 0 Å². The molecule has 0 fully saturated rings. The molecule has 10 aromatic carbocycles. The number of unbranched alkanes of at least 4 members (excludes halogenated alkanes) is 2. The number of fused-ring (bicyclic) bond motifs is 2. The second-order valence-corrected chi connectivity index (χ2v) is 20.7. The molecule has 10 rings (SSSR count). The van der Waals surface area contributed by atoms with Gasteiger partial charge in [0.05, 0.1) is 59.8 Å². The molecule has 18 nitrogen and oxygen atoms in total. The van der Waals surface area contributed by atoms with E-state index in [-0.39, 0.29) is 81.1 Å². The van der Waals surface area contributed by atoms with E-state index in [0.717, 1.165) is 22.9 Å². The molecule has 94 heavy (non-hydrogen) atoms. The highest BCUT2D eigenvalue weighted by molar-refractivity contribution is 6.11. The number of hydrogen-bond donors (Lipinski definition) is 0. The Morgan fingerprint density at radius 1 is 0.277 bits per heavy atom. The SMILES string of the molecule is C=CC(=O)OCCCCOc1ccc(C(=O)Oc2ccc(C(=O)Oc3ccc(C(=O)Oc4ccc5ccccc5c4-c4c(OC(=O)c5ccc(OC(=O)c6ccc(OC(=O)c7ccc(OCCCCOC(=O)C=C)cc7)cc6)cc5)ccc5ccccc45)cc3)cc2)cc1. The molecule has 0 aliphatic rings. The Hall–Kier alpha value is -12.4. The van der Waals surface area contributed by atoms with Crippen LogP contribution in [0.15, 0.2) is 244 Å². The lowest BCUT2D eigenvalue weighted by Gasteiger charge is -2.19. The van der Waals surface area contributed by atoms with Crippen molar-refractivity contribution in [2.24, 2.45) is 0 Å². The van der Waals surface area contributed by atoms with E-state index >= 15 is 0 Å². The van der Waals surface area contributed by atoms with Gasteiger partial charge in [0.25, 0.3) is 0 Å². The van der Waals surface area contributed by atoms with Gasteiger partial charge >= 0.3 is 47.8 Å². The summed E-state index contributed by atoms with van der Waals surface area (Å²) in [6.07, 6.45) is 4.75. The Morgan fingerprint density at radius 3 is 0.819 bits per heavy atom. The maximum atomic E-state index is 14.1. The highest BCUT2D eigenvalue weighted by atomic mass is 16.6. The highest BCUT2D eigenvalue weighted by Crippen LogP contribution is 2.46. The summed E-state index contributed by atoms with van der Waals surface area (Å²) in [5, 5.41) is 2.99. The van der Waals surface area contributed by atoms with Crippen molar-refractivity contribution in [2.75, 3.05) is 26.4 Å². The normalized spacial score (nSPS) is 10.7. The number of ether oxygens (including phenoxy) is 10. The van der Waals surface area contributed by atoms with Gasteiger partial charge in [-0.05, 0) is 205 Å². The Bertz CT molecular complexity index is 4140. The first-order chi connectivity index (χ1) is 45.8. The Labute approximate surface area is 539 Å². The molecule has 0 aliphatic carbocycles. The van der Waals surface area contributed by atoms with Crippen molar-refractivity contribution in [3.63, 3.8) is 0 Å². The van der Waals surface area contributed by atoms with E-state index in [9.17, 15) is 38.4 Å². The highest BCUT2D eigenvalue weighted by Gasteiger charge is 2.24. The van der Waals surface area contributed by atoms with Crippen molar-refractivity contribution in [1.82, 2.24) is 0 Å². The third-order valence-electron chi connectivity index (χ3n) is 14.3. The van der Waals surface area contributed by atoms with Gasteiger partial charge in [0.1, 0.15) is 46.0 Å². The van der Waals surface area contributed by atoms with Crippen LogP contribution in [0.1, 0.15) is 87.8 Å². The predicted molar refractivity (Wildman–Crippen MR) is 347 cm³/mol. The number of rotatable bonds is 27. The molecule has 0 radical (unpaired) electrons. The fourth-order valence-electron chi connectivity index (χ4n) is 9.43. The van der Waals surface area contributed by atoms with Crippen LogP contribution in [0.2, 0.25) is 0 Å². The summed E-state index contributed by atoms with van der Waals surface area (Å²) in [4.78, 5) is 103. The molecule has 0 aliphatic heterocycles. The minimum atomic E-state index is -0.735. The zero-order valence-corrected chi connectivity index (χ0v) is 50.4. The van der Waals surface area contributed by atoms with Gasteiger partial charge in [0, 0.05) is 23.3 Å². The van der Waals surface area contributed by atoms with Gasteiger partial charge in [0.15, 0.2) is 0 Å². The van der Waals surface area contributed by atoms with Crippen molar-refractivity contribution < 1.29 is 85.7 Å². The summed E-state index contributed by atoms with van der Waals surface area (Å²) in [6, 6.07) is 58.0. The number of benzene rings is 10. The fraction of sp³-hybridized carbons (Fsp3) is 0.105. The van der Waals surface area contributed by atoms with Crippen LogP contribution in [0.5, 0.6) is 46.0 Å². The second-order valence-electron chi connectivity index (χ2n) is 20.7. The van der Waals surface area contributed by atoms with Crippen molar-refractivity contribution >= 4 is 69.3 Å². The second kappa shape index (κ2) is 31.3. The van der Waals surface area contributed by atoms with Crippen LogP contribution in [-0.2, 0) is 19.1 Å². The zero-order valence-electron chi connectivity index (χ0n) is 50.4. The molecule has 0 spiro atoms. The topological polar surface area (TPSA) is 229 Å². The molecule has 0 amide bonds. The van der Waals surface area contributed by atoms with Crippen LogP contribution < -0.4 is 37.9 Å². The van der Waals surface area contributed by atoms with Crippen LogP contribution in [-0.4, -0.2) is 74.2 Å². The third kappa shape index (κ3) is 17.1. The maximum absolute atomic E-state index is 14.1. The molecule has 0 aromatic heterocycles. The average Bonchev–Trinajstić information content (AvgIpc) is 0.755. The van der Waals surface area contributed by atoms with E-state index in [1.54, 1.807) is 60.7 Å². The summed E-state index contributed by atoms with van der Waals surface area (Å²) < 4.78 is 56.0. The largest absolute Gasteiger partial charge is 0.494 e. The van der Waals surface area contributed by atoms with Crippen LogP contribution in [0.3, 0.4) is 0 Å². The lowest BCUT2D eigenvalue weighted by Crippen LogP contribution is -2.12. The maximum Gasteiger partial charge on any atom is 0.343 e. The molecular weight excluding hydrogens is 1200 g/mol. The Balaban J connectivity index is 0.745. The van der Waals surface area contributed by atoms with Crippen LogP contribution in [0.4, 0.5) is 0 Å². The molecule has 0 heterocycles. The number of carbonyl (C=O) groups is 8. The molecule has 0 saturated carbocycles. The minimum Gasteiger partial charge on any atom is -0.494 e. The standard InChI is InChI=1S/C76H58O18/c1-3-67(77)87-47-11-9-45-85-57-31-17-51(18-32-57)71(79)89-59-35-21-53(22-36-59)73(81)91-61-39-25-55(26-40-61)75(83)93-65-43-29-49-13-5-7-15-63(49)69(65)70-64-16-8-6-14-50(64)30-44-66(70)94-76(84)56-27-41-62(42-28-56)92-74(82)54-23-37-60(38-24-54)90-72(80)52-19-33-58(34-20-52)86-46-10-12-48-88-68(78)4-2/h3-8,13-44H,1-2,9-12,45-48H2. The Kier molecular flexibility index (Phi) is 21.5. The predicted octanol–water partition coefficient (Wildman–Crippen LogP) is 14.8. The van der Waals surface area contributed by atoms with E-state index in [1.165, 1.54) is 97.1 Å². The van der Waals surface area contributed by atoms with Gasteiger partial charge in [-0.1, -0.05) is 73.8 Å². The number of carbonyl (C=O) groups excluding carboxylic acids is 8. The van der Waals surface area contributed by atoms with Gasteiger partial charge in [-0.2, -0.15) is 0 Å². The summed E-state index contributed by atoms with van der Waals surface area (Å²) in [7, 11) is 0. The molecule has 0 N–H and O–H groups in total. The van der Waals surface area contributed by atoms with Crippen LogP contribution in [0.25, 0.3) is 32.7 Å². The number of hydrogen-bond acceptors (Lipinski definition) is 18. The van der Waals surface area contributed by atoms with E-state index in [0.29, 0.717) is 72.3 Å². The van der Waals surface area contributed by atoms with Crippen molar-refractivity contribution in [3.8, 4) is 57.1 Å². The van der Waals surface area contributed by atoms with Gasteiger partial charge < -0.3 is 47.4 Å². The third-order valence-corrected chi connectivity index (χ3v) is 14.3. The molecule has 0 saturated heterocycles. The first-order valence-corrected chi connectivity index (χ1v) is 29.6. The molecule has 0 atom stereocenters. The first-order valence-electron chi connectivity index (χ1n) is 29.6. The quantitative estimate of drug-likeness (QED) is 0.0202. The lowest BCUT2D eigenvalue weighted by atomic mass is 9.92. The summed E-state index contributed by atoms with van der Waals surface area (Å²) >= 11 is 0. The number of esters is 8. The van der Waals surface area contributed by atoms with Crippen molar-refractivity contribution in [3.05, 3.63) is 277 Å². The minimum absolute atomic E-state index is 0.131. The van der Waals surface area contributed by atoms with E-state index in [1.807, 2.05) is 60.7 Å². The molecule has 470 valence electrons. The monoisotopic (exact) mass is 1260 g/mol. The Morgan fingerprint density at radius 2 is 0.532 bits per heavy atom. The summed E-state index contributed by atoms with van der Waals surface area (Å²) in [5.74, 6) is -3.02. The van der Waals surface area contributed by atoms with Crippen LogP contribution in [0, 0.1) is 0 Å². The lowest BCUT2D eigenvalue weighted by molar-refractivity contribution is -0.138. The molecule has 0 unspecified atom stereocenters. The van der Waals surface area contributed by atoms with E-state index in [4.69, 9.17) is 47.4 Å². The van der Waals surface area contributed by atoms with Gasteiger partial charge in [-0.15, -0.1) is 0 Å². The molecular formula is C76H58O18. The van der Waals surface area contributed by atoms with Crippen molar-refractivity contribution in [2.45, 2.75) is 25.7 Å². The smallest absolute Gasteiger partial charge is 0.343 e.